The zero-order valence-electron chi connectivity index (χ0n) is 22.8. The Morgan fingerprint density at radius 3 is 2.39 bits per heavy atom. The first kappa shape index (κ1) is 28.3. The van der Waals surface area contributed by atoms with Crippen molar-refractivity contribution < 1.29 is 13.2 Å². The molecule has 1 saturated heterocycles. The van der Waals surface area contributed by atoms with Gasteiger partial charge >= 0.3 is 0 Å². The summed E-state index contributed by atoms with van der Waals surface area (Å²) in [6.45, 7) is 3.48. The van der Waals surface area contributed by atoms with E-state index in [4.69, 9.17) is 5.73 Å². The molecule has 3 aromatic rings. The van der Waals surface area contributed by atoms with E-state index in [0.717, 1.165) is 59.9 Å². The van der Waals surface area contributed by atoms with E-state index in [0.29, 0.717) is 19.6 Å². The van der Waals surface area contributed by atoms with Gasteiger partial charge in [-0.05, 0) is 93.8 Å². The van der Waals surface area contributed by atoms with Crippen LogP contribution in [0.5, 0.6) is 0 Å². The summed E-state index contributed by atoms with van der Waals surface area (Å²) >= 11 is 0. The number of primary amides is 1. The summed E-state index contributed by atoms with van der Waals surface area (Å²) in [6.07, 6.45) is 4.75. The van der Waals surface area contributed by atoms with Crippen molar-refractivity contribution in [3.63, 3.8) is 0 Å². The highest BCUT2D eigenvalue weighted by atomic mass is 32.2. The maximum absolute atomic E-state index is 13.1. The number of aromatic nitrogens is 1. The minimum Gasteiger partial charge on any atom is -0.369 e. The average Bonchev–Trinajstić information content (AvgIpc) is 3.32. The first-order valence-corrected chi connectivity index (χ1v) is 15.0. The van der Waals surface area contributed by atoms with E-state index >= 15 is 0 Å². The van der Waals surface area contributed by atoms with Crippen LogP contribution in [0.3, 0.4) is 0 Å². The van der Waals surface area contributed by atoms with Gasteiger partial charge in [-0.3, -0.25) is 4.79 Å². The maximum Gasteiger partial charge on any atom is 0.221 e. The second-order valence-corrected chi connectivity index (χ2v) is 12.8. The molecule has 0 bridgehead atoms. The zero-order valence-corrected chi connectivity index (χ0v) is 23.6. The third-order valence-electron chi connectivity index (χ3n) is 7.54. The first-order valence-electron chi connectivity index (χ1n) is 13.4. The number of rotatable bonds is 12. The SMILES string of the molecule is CN(C)CCCN(C)CCS(=O)(=O)N1CCC(c2c[nH]c3c(CC(N)=O)cc(-c4ccccc4)cc23)CC1. The molecule has 1 aliphatic heterocycles. The molecule has 0 saturated carbocycles. The van der Waals surface area contributed by atoms with Gasteiger partial charge in [0.25, 0.3) is 0 Å². The van der Waals surface area contributed by atoms with Gasteiger partial charge in [-0.25, -0.2) is 12.7 Å². The molecule has 1 aliphatic rings. The van der Waals surface area contributed by atoms with E-state index in [1.54, 1.807) is 4.31 Å². The number of nitrogens with two attached hydrogens (primary N) is 1. The number of piperidine rings is 1. The quantitative estimate of drug-likeness (QED) is 0.368. The van der Waals surface area contributed by atoms with Crippen LogP contribution in [0, 0.1) is 0 Å². The van der Waals surface area contributed by atoms with Crippen molar-refractivity contribution in [3.05, 3.63) is 59.8 Å². The number of sulfonamides is 1. The summed E-state index contributed by atoms with van der Waals surface area (Å²) in [5, 5.41) is 1.09. The van der Waals surface area contributed by atoms with Gasteiger partial charge < -0.3 is 20.5 Å². The van der Waals surface area contributed by atoms with Gasteiger partial charge in [-0.1, -0.05) is 30.3 Å². The fourth-order valence-electron chi connectivity index (χ4n) is 5.40. The molecule has 0 aliphatic carbocycles. The number of nitrogens with zero attached hydrogens (tertiary/aromatic N) is 3. The molecule has 0 unspecified atom stereocenters. The fraction of sp³-hybridized carbons (Fsp3) is 0.483. The van der Waals surface area contributed by atoms with Gasteiger partial charge in [-0.15, -0.1) is 0 Å². The summed E-state index contributed by atoms with van der Waals surface area (Å²) in [6, 6.07) is 14.3. The molecule has 1 amide bonds. The van der Waals surface area contributed by atoms with E-state index in [1.165, 1.54) is 5.56 Å². The number of benzene rings is 2. The van der Waals surface area contributed by atoms with Crippen LogP contribution in [0.25, 0.3) is 22.0 Å². The molecule has 0 atom stereocenters. The molecule has 1 aromatic heterocycles. The summed E-state index contributed by atoms with van der Waals surface area (Å²) < 4.78 is 27.8. The number of hydrogen-bond acceptors (Lipinski definition) is 5. The van der Waals surface area contributed by atoms with Crippen LogP contribution in [0.15, 0.2) is 48.7 Å². The van der Waals surface area contributed by atoms with Crippen LogP contribution in [0.4, 0.5) is 0 Å². The lowest BCUT2D eigenvalue weighted by molar-refractivity contribution is -0.117. The number of nitrogens with one attached hydrogen (secondary N) is 1. The number of H-pyrrole nitrogens is 1. The Morgan fingerprint density at radius 1 is 1.03 bits per heavy atom. The van der Waals surface area contributed by atoms with Crippen LogP contribution in [0.2, 0.25) is 0 Å². The van der Waals surface area contributed by atoms with Crippen molar-refractivity contribution in [2.24, 2.45) is 5.73 Å². The van der Waals surface area contributed by atoms with E-state index in [1.807, 2.05) is 51.6 Å². The summed E-state index contributed by atoms with van der Waals surface area (Å²) in [5.74, 6) is 0.0334. The fourth-order valence-corrected chi connectivity index (χ4v) is 6.97. The molecule has 9 heteroatoms. The van der Waals surface area contributed by atoms with Crippen LogP contribution < -0.4 is 5.73 Å². The van der Waals surface area contributed by atoms with Gasteiger partial charge in [0.2, 0.25) is 15.9 Å². The third kappa shape index (κ3) is 7.02. The highest BCUT2D eigenvalue weighted by Gasteiger charge is 2.30. The molecular formula is C29H41N5O3S. The molecule has 3 N–H and O–H groups in total. The van der Waals surface area contributed by atoms with Crippen molar-refractivity contribution in [1.82, 2.24) is 19.1 Å². The molecule has 206 valence electrons. The largest absolute Gasteiger partial charge is 0.369 e. The maximum atomic E-state index is 13.1. The van der Waals surface area contributed by atoms with Gasteiger partial charge in [-0.2, -0.15) is 0 Å². The van der Waals surface area contributed by atoms with Crippen molar-refractivity contribution >= 4 is 26.8 Å². The monoisotopic (exact) mass is 539 g/mol. The van der Waals surface area contributed by atoms with E-state index in [2.05, 4.69) is 33.0 Å². The summed E-state index contributed by atoms with van der Waals surface area (Å²) in [7, 11) is 2.79. The van der Waals surface area contributed by atoms with Crippen molar-refractivity contribution in [2.45, 2.75) is 31.6 Å². The standard InChI is InChI=1S/C29H41N5O3S/c1-32(2)12-7-13-33(3)16-17-38(36,37)34-14-10-23(11-15-34)27-21-31-29-25(20-28(30)35)18-24(19-26(27)29)22-8-5-4-6-9-22/h4-6,8-9,18-19,21,23,31H,7,10-17,20H2,1-3H3,(H2,30,35). The number of aromatic amines is 1. The lowest BCUT2D eigenvalue weighted by atomic mass is 9.88. The third-order valence-corrected chi connectivity index (χ3v) is 9.39. The minimum absolute atomic E-state index is 0.153. The molecule has 0 spiro atoms. The van der Waals surface area contributed by atoms with Crippen LogP contribution in [-0.2, 0) is 21.2 Å². The highest BCUT2D eigenvalue weighted by Crippen LogP contribution is 2.37. The molecular weight excluding hydrogens is 498 g/mol. The smallest absolute Gasteiger partial charge is 0.221 e. The Morgan fingerprint density at radius 2 is 1.74 bits per heavy atom. The molecule has 38 heavy (non-hydrogen) atoms. The number of fused-ring (bicyclic) bond motifs is 1. The Kier molecular flexibility index (Phi) is 9.25. The van der Waals surface area contributed by atoms with Gasteiger partial charge in [0.05, 0.1) is 12.2 Å². The van der Waals surface area contributed by atoms with Crippen molar-refractivity contribution in [2.75, 3.05) is 59.6 Å². The molecule has 2 heterocycles. The topological polar surface area (TPSA) is 103 Å². The van der Waals surface area contributed by atoms with Crippen LogP contribution in [-0.4, -0.2) is 93.0 Å². The predicted molar refractivity (Wildman–Crippen MR) is 155 cm³/mol. The molecule has 0 radical (unpaired) electrons. The average molecular weight is 540 g/mol. The summed E-state index contributed by atoms with van der Waals surface area (Å²) in [5.41, 5.74) is 10.7. The van der Waals surface area contributed by atoms with Gasteiger partial charge in [0.1, 0.15) is 0 Å². The molecule has 1 fully saturated rings. The Hall–Kier alpha value is -2.72. The Balaban J connectivity index is 1.46. The molecule has 2 aromatic carbocycles. The number of amides is 1. The van der Waals surface area contributed by atoms with Gasteiger partial charge in [0.15, 0.2) is 0 Å². The van der Waals surface area contributed by atoms with E-state index < -0.39 is 10.0 Å². The lowest BCUT2D eigenvalue weighted by Crippen LogP contribution is -2.41. The second-order valence-electron chi connectivity index (χ2n) is 10.8. The van der Waals surface area contributed by atoms with Crippen molar-refractivity contribution in [3.8, 4) is 11.1 Å². The van der Waals surface area contributed by atoms with E-state index in [9.17, 15) is 13.2 Å². The van der Waals surface area contributed by atoms with Crippen molar-refractivity contribution in [1.29, 1.82) is 0 Å². The summed E-state index contributed by atoms with van der Waals surface area (Å²) in [4.78, 5) is 19.4. The number of carbonyl (C=O) groups excluding carboxylic acids is 1. The van der Waals surface area contributed by atoms with Gasteiger partial charge in [0, 0.05) is 36.7 Å². The molecule has 4 rings (SSSR count). The lowest BCUT2D eigenvalue weighted by Gasteiger charge is -2.31. The predicted octanol–water partition coefficient (Wildman–Crippen LogP) is 3.26. The van der Waals surface area contributed by atoms with Crippen LogP contribution >= 0.6 is 0 Å². The minimum atomic E-state index is -3.30. The zero-order chi connectivity index (χ0) is 27.3. The normalized spacial score (nSPS) is 15.6. The number of carbonyl (C=O) groups is 1. The van der Waals surface area contributed by atoms with Crippen LogP contribution in [0.1, 0.15) is 36.3 Å². The highest BCUT2D eigenvalue weighted by molar-refractivity contribution is 7.89. The second kappa shape index (κ2) is 12.4. The Labute approximate surface area is 226 Å². The first-order chi connectivity index (χ1) is 18.1. The number of hydrogen-bond donors (Lipinski definition) is 2. The van der Waals surface area contributed by atoms with E-state index in [-0.39, 0.29) is 24.0 Å². The Bertz CT molecular complexity index is 1330. The molecule has 8 nitrogen and oxygen atoms in total.